The van der Waals surface area contributed by atoms with E-state index in [4.69, 9.17) is 40.4 Å². The summed E-state index contributed by atoms with van der Waals surface area (Å²) in [5.41, 5.74) is 4.34. The third kappa shape index (κ3) is 28.6. The molecule has 0 aliphatic heterocycles. The Labute approximate surface area is 607 Å². The zero-order chi connectivity index (χ0) is 75.3. The predicted molar refractivity (Wildman–Crippen MR) is 400 cm³/mol. The number of hydrogen-bond donors (Lipinski definition) is 6. The minimum atomic E-state index is -2.39. The summed E-state index contributed by atoms with van der Waals surface area (Å²) in [6.45, 7) is 12.0. The fourth-order valence-electron chi connectivity index (χ4n) is 11.9. The molecular formula is C73H93B7N6O15S. The van der Waals surface area contributed by atoms with E-state index >= 15 is 0 Å². The van der Waals surface area contributed by atoms with Gasteiger partial charge in [0, 0.05) is 43.9 Å². The molecule has 1 aliphatic rings. The molecule has 8 radical (unpaired) electrons. The van der Waals surface area contributed by atoms with Crippen LogP contribution in [0.25, 0.3) is 11.1 Å². The van der Waals surface area contributed by atoms with Crippen LogP contribution in [0.15, 0.2) is 109 Å². The first-order valence-electron chi connectivity index (χ1n) is 34.7. The molecule has 5 rings (SSSR count). The SMILES string of the molecule is [B]B=S(=B[B])(CC(=O)CNC(=O)C(CC(=O)C(Cc1ccccc1)NC(=O)CNC(=O)C(CCC(=O)NCC(=O)CC(Cc1ccccc1)C(=O)NC(CC(C)C)C(=O)CCC(C)=O)NC(=O)CCC(CC(=O)OCC1c2ccccc2-c2ccccc21)C(=O)OC(C)(C)C)CC(C)C)B([B])[B]. The zero-order valence-corrected chi connectivity index (χ0v) is 60.7. The minimum absolute atomic E-state index is 0.00706. The summed E-state index contributed by atoms with van der Waals surface area (Å²) in [5.74, 6) is -12.9. The summed E-state index contributed by atoms with van der Waals surface area (Å²) in [6, 6.07) is 31.8. The third-order valence-corrected chi connectivity index (χ3v) is 20.1. The summed E-state index contributed by atoms with van der Waals surface area (Å²) in [6.07, 6.45) is -2.27. The van der Waals surface area contributed by atoms with Gasteiger partial charge in [0.1, 0.15) is 24.0 Å². The Morgan fingerprint density at radius 1 is 0.520 bits per heavy atom. The second-order valence-corrected chi connectivity index (χ2v) is 31.1. The van der Waals surface area contributed by atoms with E-state index in [1.54, 1.807) is 81.4 Å². The molecule has 0 spiro atoms. The number of esters is 2. The van der Waals surface area contributed by atoms with Crippen LogP contribution >= 0.6 is 8.73 Å². The van der Waals surface area contributed by atoms with Crippen LogP contribution in [0.5, 0.6) is 0 Å². The van der Waals surface area contributed by atoms with Gasteiger partial charge in [0.2, 0.25) is 23.6 Å². The molecular weight excluding hydrogens is 1310 g/mol. The Morgan fingerprint density at radius 2 is 1.06 bits per heavy atom. The summed E-state index contributed by atoms with van der Waals surface area (Å²) in [5, 5.41) is 15.8. The number of benzene rings is 4. The average Bonchev–Trinajstić information content (AvgIpc) is 1.62. The maximum absolute atomic E-state index is 14.4. The van der Waals surface area contributed by atoms with Crippen molar-refractivity contribution in [1.82, 2.24) is 31.9 Å². The molecule has 6 amide bonds. The van der Waals surface area contributed by atoms with Crippen molar-refractivity contribution in [2.24, 2.45) is 29.6 Å². The molecule has 4 aromatic carbocycles. The van der Waals surface area contributed by atoms with Gasteiger partial charge in [-0.25, -0.2) is 0 Å². The van der Waals surface area contributed by atoms with Crippen molar-refractivity contribution < 1.29 is 71.8 Å². The molecule has 29 heteroatoms. The van der Waals surface area contributed by atoms with Gasteiger partial charge in [0.15, 0.2) is 11.6 Å². The number of hydrogen-bond acceptors (Lipinski definition) is 15. The Balaban J connectivity index is 1.33. The number of nitrogens with one attached hydrogen (secondary N) is 6. The van der Waals surface area contributed by atoms with Gasteiger partial charge in [-0.15, -0.1) is 0 Å². The van der Waals surface area contributed by atoms with E-state index in [0.717, 1.165) is 27.8 Å². The zero-order valence-electron chi connectivity index (χ0n) is 59.9. The molecule has 6 N–H and O–H groups in total. The normalized spacial score (nSPS) is 13.5. The van der Waals surface area contributed by atoms with Crippen molar-refractivity contribution in [2.75, 3.05) is 32.0 Å². The first-order chi connectivity index (χ1) is 48.3. The second kappa shape index (κ2) is 41.8. The summed E-state index contributed by atoms with van der Waals surface area (Å²) >= 11 is 0. The molecule has 0 bridgehead atoms. The first kappa shape index (κ1) is 84.4. The van der Waals surface area contributed by atoms with E-state index in [1.807, 2.05) is 76.2 Å². The number of carbonyl (C=O) groups excluding carboxylic acids is 13. The Morgan fingerprint density at radius 3 is 1.62 bits per heavy atom. The van der Waals surface area contributed by atoms with Crippen molar-refractivity contribution >= 4 is 134 Å². The molecule has 6 atom stereocenters. The second-order valence-electron chi connectivity index (χ2n) is 27.9. The number of ketones is 5. The van der Waals surface area contributed by atoms with Gasteiger partial charge in [0.05, 0.1) is 31.5 Å². The van der Waals surface area contributed by atoms with Gasteiger partial charge in [0.25, 0.3) is 0 Å². The molecule has 0 saturated heterocycles. The molecule has 4 aromatic rings. The maximum atomic E-state index is 14.4. The fourth-order valence-corrected chi connectivity index (χ4v) is 13.4. The van der Waals surface area contributed by atoms with Crippen LogP contribution in [0.3, 0.4) is 0 Å². The van der Waals surface area contributed by atoms with Crippen LogP contribution in [0.4, 0.5) is 0 Å². The van der Waals surface area contributed by atoms with Crippen LogP contribution < -0.4 is 31.9 Å². The monoisotopic (exact) mass is 1400 g/mol. The van der Waals surface area contributed by atoms with Gasteiger partial charge in [-0.3, -0.25) is 43.2 Å². The van der Waals surface area contributed by atoms with Crippen LogP contribution in [-0.2, 0) is 84.6 Å². The van der Waals surface area contributed by atoms with Crippen LogP contribution in [0.1, 0.15) is 154 Å². The number of amides is 6. The number of ether oxygens (including phenoxy) is 2. The molecule has 0 aromatic heterocycles. The van der Waals surface area contributed by atoms with Crippen LogP contribution in [0, 0.1) is 29.6 Å². The van der Waals surface area contributed by atoms with Gasteiger partial charge < -0.3 is 35.5 Å². The van der Waals surface area contributed by atoms with Gasteiger partial charge in [-0.2, -0.15) is 0 Å². The van der Waals surface area contributed by atoms with E-state index in [0.29, 0.717) is 12.0 Å². The third-order valence-electron chi connectivity index (χ3n) is 17.2. The topological polar surface area (TPSA) is 313 Å². The summed E-state index contributed by atoms with van der Waals surface area (Å²) in [7, 11) is 21.0. The summed E-state index contributed by atoms with van der Waals surface area (Å²) in [4.78, 5) is 178. The van der Waals surface area contributed by atoms with Crippen molar-refractivity contribution in [2.45, 2.75) is 169 Å². The Hall–Kier alpha value is -8.21. The van der Waals surface area contributed by atoms with Crippen LogP contribution in [-0.4, -0.2) is 181 Å². The van der Waals surface area contributed by atoms with Crippen molar-refractivity contribution in [3.63, 3.8) is 0 Å². The van der Waals surface area contributed by atoms with Gasteiger partial charge in [-0.05, 0) is 87.1 Å². The Bertz CT molecular complexity index is 3690. The van der Waals surface area contributed by atoms with Crippen molar-refractivity contribution in [1.29, 1.82) is 0 Å². The predicted octanol–water partition coefficient (Wildman–Crippen LogP) is 4.82. The molecule has 0 saturated carbocycles. The number of Topliss-reactive ketones (excluding diaryl/α,β-unsaturated/α-hetero) is 5. The molecule has 21 nitrogen and oxygen atoms in total. The molecule has 0 heterocycles. The first-order valence-corrected chi connectivity index (χ1v) is 36.6. The Kier molecular flexibility index (Phi) is 34.6. The number of fused-ring (bicyclic) bond motifs is 3. The van der Waals surface area contributed by atoms with E-state index in [1.165, 1.54) is 19.0 Å². The van der Waals surface area contributed by atoms with Gasteiger partial charge in [-0.1, -0.05) is 123 Å². The number of rotatable bonds is 43. The van der Waals surface area contributed by atoms with E-state index in [2.05, 4.69) is 31.9 Å². The van der Waals surface area contributed by atoms with E-state index in [-0.39, 0.29) is 93.0 Å². The quantitative estimate of drug-likeness (QED) is 0.0256. The van der Waals surface area contributed by atoms with Gasteiger partial charge >= 0.3 is 187 Å². The molecule has 1 aliphatic carbocycles. The average molecular weight is 1400 g/mol. The van der Waals surface area contributed by atoms with Crippen LogP contribution in [0.2, 0.25) is 0 Å². The van der Waals surface area contributed by atoms with Crippen molar-refractivity contribution in [3.05, 3.63) is 131 Å². The standard InChI is InChI=1S/C73H93B7N6O15S/c1-45(2)33-51(69(96)82-41-54(89)44-102(78-74,79-75)80(76)77)38-64(91)62(36-49-21-13-10-14-22-49)85-67(94)42-83-71(98)60(29-32-65(92)81-40-53(88)37-52(35-48-19-11-9-12-20-48)70(97)86-61(34-46(3)4)63(90)30-27-47(5)87)84-66(93)31-28-50(72(99)101-73(6,7)8)39-68(95)100-43-59-57-25-17-15-23-55(57)56-24-16-18-26-58(56)59/h9-26,45-46,50-52,59-62H,27-44H2,1-8H3,(H,81,92)(H,82,96)(H,83,98)(H,84,93)(H,85,94)(H,86,97). The molecule has 532 valence electrons. The molecule has 102 heavy (non-hydrogen) atoms. The number of carbonyl (C=O) groups is 13. The molecule has 0 fully saturated rings. The fraction of sp³-hybridized carbons (Fsp3) is 0.493. The van der Waals surface area contributed by atoms with E-state index < -0.39 is 166 Å². The summed E-state index contributed by atoms with van der Waals surface area (Å²) < 4.78 is 11.5. The molecule has 6 unspecified atom stereocenters. The van der Waals surface area contributed by atoms with Crippen molar-refractivity contribution in [3.8, 4) is 11.1 Å². The van der Waals surface area contributed by atoms with E-state index in [9.17, 15) is 62.3 Å².